The van der Waals surface area contributed by atoms with Crippen molar-refractivity contribution in [2.45, 2.75) is 25.4 Å². The summed E-state index contributed by atoms with van der Waals surface area (Å²) in [6.45, 7) is 1.93. The Kier molecular flexibility index (Phi) is 4.67. The topological polar surface area (TPSA) is 60.2 Å². The van der Waals surface area contributed by atoms with Crippen LogP contribution in [0.2, 0.25) is 0 Å². The number of ether oxygens (including phenoxy) is 1. The molecule has 1 fully saturated rings. The van der Waals surface area contributed by atoms with Crippen LogP contribution in [-0.4, -0.2) is 34.8 Å². The van der Waals surface area contributed by atoms with Gasteiger partial charge >= 0.3 is 0 Å². The molecular weight excluding hydrogens is 328 g/mol. The third-order valence-electron chi connectivity index (χ3n) is 4.96. The maximum atomic E-state index is 13.1. The number of hydrogen-bond acceptors (Lipinski definition) is 5. The largest absolute Gasteiger partial charge is 0.383 e. The number of hydrogen-bond donors (Lipinski definition) is 0. The highest BCUT2D eigenvalue weighted by atomic mass is 16.5. The molecule has 1 aromatic carbocycles. The minimum Gasteiger partial charge on any atom is -0.383 e. The van der Waals surface area contributed by atoms with Gasteiger partial charge in [-0.15, -0.1) is 0 Å². The van der Waals surface area contributed by atoms with E-state index in [0.29, 0.717) is 18.5 Å². The van der Waals surface area contributed by atoms with E-state index in [1.807, 2.05) is 36.4 Å². The number of pyridine rings is 1. The number of fused-ring (bicyclic) bond motifs is 1. The van der Waals surface area contributed by atoms with Gasteiger partial charge in [0, 0.05) is 31.7 Å². The molecular formula is C20H22N4O2. The monoisotopic (exact) mass is 350 g/mol. The van der Waals surface area contributed by atoms with E-state index in [0.717, 1.165) is 36.4 Å². The van der Waals surface area contributed by atoms with Crippen molar-refractivity contribution < 1.29 is 4.74 Å². The lowest BCUT2D eigenvalue weighted by molar-refractivity contribution is 0.184. The van der Waals surface area contributed by atoms with Crippen molar-refractivity contribution in [3.8, 4) is 0 Å². The van der Waals surface area contributed by atoms with E-state index >= 15 is 0 Å². The molecule has 0 N–H and O–H groups in total. The minimum absolute atomic E-state index is 0.00392. The van der Waals surface area contributed by atoms with Crippen molar-refractivity contribution in [1.82, 2.24) is 14.5 Å². The number of rotatable bonds is 5. The average Bonchev–Trinajstić information content (AvgIpc) is 3.17. The molecule has 0 aliphatic carbocycles. The summed E-state index contributed by atoms with van der Waals surface area (Å²) in [4.78, 5) is 24.4. The molecule has 2 aromatic heterocycles. The molecule has 0 amide bonds. The Balaban J connectivity index is 1.85. The molecule has 3 aromatic rings. The third kappa shape index (κ3) is 2.97. The first kappa shape index (κ1) is 16.7. The van der Waals surface area contributed by atoms with Crippen molar-refractivity contribution >= 4 is 16.6 Å². The molecule has 0 saturated carbocycles. The lowest BCUT2D eigenvalue weighted by Crippen LogP contribution is -2.33. The number of para-hydroxylation sites is 1. The van der Waals surface area contributed by atoms with Crippen LogP contribution in [0.3, 0.4) is 0 Å². The zero-order valence-electron chi connectivity index (χ0n) is 14.8. The zero-order valence-corrected chi connectivity index (χ0v) is 14.8. The smallest absolute Gasteiger partial charge is 0.261 e. The van der Waals surface area contributed by atoms with Crippen LogP contribution in [0.5, 0.6) is 0 Å². The van der Waals surface area contributed by atoms with E-state index in [4.69, 9.17) is 9.72 Å². The number of benzene rings is 1. The van der Waals surface area contributed by atoms with E-state index in [1.165, 1.54) is 0 Å². The fraction of sp³-hybridized carbons (Fsp3) is 0.350. The van der Waals surface area contributed by atoms with Gasteiger partial charge in [0.25, 0.3) is 5.56 Å². The first-order chi connectivity index (χ1) is 12.8. The number of aromatic nitrogens is 3. The van der Waals surface area contributed by atoms with Gasteiger partial charge in [-0.1, -0.05) is 12.1 Å². The van der Waals surface area contributed by atoms with Crippen molar-refractivity contribution in [2.24, 2.45) is 0 Å². The maximum Gasteiger partial charge on any atom is 0.261 e. The van der Waals surface area contributed by atoms with Crippen LogP contribution < -0.4 is 10.5 Å². The summed E-state index contributed by atoms with van der Waals surface area (Å²) in [5.41, 5.74) is 1.87. The molecule has 1 saturated heterocycles. The van der Waals surface area contributed by atoms with Gasteiger partial charge in [0.15, 0.2) is 0 Å². The highest BCUT2D eigenvalue weighted by Crippen LogP contribution is 2.35. The summed E-state index contributed by atoms with van der Waals surface area (Å²) in [6, 6.07) is 11.7. The van der Waals surface area contributed by atoms with Gasteiger partial charge < -0.3 is 9.64 Å². The summed E-state index contributed by atoms with van der Waals surface area (Å²) < 4.78 is 7.02. The van der Waals surface area contributed by atoms with Crippen molar-refractivity contribution in [2.75, 3.05) is 25.2 Å². The molecule has 3 heterocycles. The van der Waals surface area contributed by atoms with Gasteiger partial charge in [-0.2, -0.15) is 0 Å². The molecule has 4 rings (SSSR count). The van der Waals surface area contributed by atoms with Gasteiger partial charge in [0.2, 0.25) is 0 Å². The molecule has 0 radical (unpaired) electrons. The first-order valence-corrected chi connectivity index (χ1v) is 8.94. The fourth-order valence-electron chi connectivity index (χ4n) is 3.72. The normalized spacial score (nSPS) is 17.1. The van der Waals surface area contributed by atoms with Crippen LogP contribution in [0.4, 0.5) is 5.69 Å². The van der Waals surface area contributed by atoms with E-state index in [9.17, 15) is 4.79 Å². The maximum absolute atomic E-state index is 13.1. The van der Waals surface area contributed by atoms with E-state index < -0.39 is 0 Å². The average molecular weight is 350 g/mol. The predicted molar refractivity (Wildman–Crippen MR) is 101 cm³/mol. The second-order valence-corrected chi connectivity index (χ2v) is 6.49. The van der Waals surface area contributed by atoms with Crippen LogP contribution in [-0.2, 0) is 11.3 Å². The Labute approximate surface area is 152 Å². The summed E-state index contributed by atoms with van der Waals surface area (Å²) in [6.07, 6.45) is 5.65. The molecule has 0 spiro atoms. The van der Waals surface area contributed by atoms with Crippen LogP contribution in [0, 0.1) is 0 Å². The van der Waals surface area contributed by atoms with Gasteiger partial charge in [0.1, 0.15) is 5.82 Å². The van der Waals surface area contributed by atoms with E-state index in [-0.39, 0.29) is 11.6 Å². The Morgan fingerprint density at radius 3 is 2.81 bits per heavy atom. The van der Waals surface area contributed by atoms with E-state index in [2.05, 4.69) is 9.88 Å². The van der Waals surface area contributed by atoms with Crippen LogP contribution >= 0.6 is 0 Å². The van der Waals surface area contributed by atoms with Gasteiger partial charge in [-0.25, -0.2) is 4.98 Å². The SMILES string of the molecule is COCCn1c(C2CCCN2c2ccncc2)nc2ccccc2c1=O. The minimum atomic E-state index is 0.00392. The second-order valence-electron chi connectivity index (χ2n) is 6.49. The molecule has 1 atom stereocenters. The lowest BCUT2D eigenvalue weighted by atomic mass is 10.1. The van der Waals surface area contributed by atoms with Gasteiger partial charge in [0.05, 0.1) is 30.1 Å². The Morgan fingerprint density at radius 2 is 2.00 bits per heavy atom. The van der Waals surface area contributed by atoms with Crippen LogP contribution in [0.1, 0.15) is 24.7 Å². The summed E-state index contributed by atoms with van der Waals surface area (Å²) in [5, 5.41) is 0.654. The zero-order chi connectivity index (χ0) is 17.9. The van der Waals surface area contributed by atoms with E-state index in [1.54, 1.807) is 24.1 Å². The standard InChI is InChI=1S/C20H22N4O2/c1-26-14-13-24-19(22-17-6-3-2-5-16(17)20(24)25)18-7-4-12-23(18)15-8-10-21-11-9-15/h2-3,5-6,8-11,18H,4,7,12-14H2,1H3. The van der Waals surface area contributed by atoms with Gasteiger partial charge in [-0.05, 0) is 37.1 Å². The molecule has 6 heteroatoms. The number of anilines is 1. The molecule has 6 nitrogen and oxygen atoms in total. The Morgan fingerprint density at radius 1 is 1.19 bits per heavy atom. The van der Waals surface area contributed by atoms with Gasteiger partial charge in [-0.3, -0.25) is 14.3 Å². The van der Waals surface area contributed by atoms with Crippen molar-refractivity contribution in [3.63, 3.8) is 0 Å². The summed E-state index contributed by atoms with van der Waals surface area (Å²) in [5.74, 6) is 0.820. The van der Waals surface area contributed by atoms with Crippen molar-refractivity contribution in [3.05, 3.63) is 65.0 Å². The summed E-state index contributed by atoms with van der Waals surface area (Å²) in [7, 11) is 1.65. The summed E-state index contributed by atoms with van der Waals surface area (Å²) >= 11 is 0. The molecule has 26 heavy (non-hydrogen) atoms. The van der Waals surface area contributed by atoms with Crippen LogP contribution in [0.15, 0.2) is 53.6 Å². The third-order valence-corrected chi connectivity index (χ3v) is 4.96. The molecule has 1 aliphatic rings. The van der Waals surface area contributed by atoms with Crippen LogP contribution in [0.25, 0.3) is 10.9 Å². The molecule has 134 valence electrons. The second kappa shape index (κ2) is 7.25. The Hall–Kier alpha value is -2.73. The highest BCUT2D eigenvalue weighted by Gasteiger charge is 2.30. The lowest BCUT2D eigenvalue weighted by Gasteiger charge is -2.28. The molecule has 0 bridgehead atoms. The highest BCUT2D eigenvalue weighted by molar-refractivity contribution is 5.77. The number of nitrogens with zero attached hydrogens (tertiary/aromatic N) is 4. The van der Waals surface area contributed by atoms with Crippen molar-refractivity contribution in [1.29, 1.82) is 0 Å². The first-order valence-electron chi connectivity index (χ1n) is 8.94. The molecule has 1 unspecified atom stereocenters. The quantitative estimate of drug-likeness (QED) is 0.708. The number of methoxy groups -OCH3 is 1. The predicted octanol–water partition coefficient (Wildman–Crippen LogP) is 2.78. The molecule has 1 aliphatic heterocycles. The fourth-order valence-corrected chi connectivity index (χ4v) is 3.72. The Bertz CT molecular complexity index is 955.